The number of rotatable bonds is 11. The van der Waals surface area contributed by atoms with Crippen LogP contribution in [0.4, 0.5) is 0 Å². The molecule has 168 valence electrons. The lowest BCUT2D eigenvalue weighted by Crippen LogP contribution is -2.49. The van der Waals surface area contributed by atoms with E-state index in [1.807, 2.05) is 37.3 Å². The van der Waals surface area contributed by atoms with Crippen molar-refractivity contribution in [1.82, 2.24) is 10.2 Å². The highest BCUT2D eigenvalue weighted by atomic mass is 16.2. The summed E-state index contributed by atoms with van der Waals surface area (Å²) in [5.41, 5.74) is 3.48. The first-order chi connectivity index (χ1) is 14.8. The van der Waals surface area contributed by atoms with E-state index < -0.39 is 6.04 Å². The fourth-order valence-corrected chi connectivity index (χ4v) is 3.59. The van der Waals surface area contributed by atoms with Crippen LogP contribution in [0.2, 0.25) is 0 Å². The van der Waals surface area contributed by atoms with Gasteiger partial charge in [-0.3, -0.25) is 9.59 Å². The van der Waals surface area contributed by atoms with Gasteiger partial charge in [-0.25, -0.2) is 0 Å². The molecule has 4 nitrogen and oxygen atoms in total. The monoisotopic (exact) mass is 422 g/mol. The summed E-state index contributed by atoms with van der Waals surface area (Å²) in [6.45, 7) is 11.5. The van der Waals surface area contributed by atoms with Gasteiger partial charge in [-0.2, -0.15) is 0 Å². The fourth-order valence-electron chi connectivity index (χ4n) is 3.59. The van der Waals surface area contributed by atoms with Gasteiger partial charge in [-0.05, 0) is 41.4 Å². The minimum absolute atomic E-state index is 0.0170. The van der Waals surface area contributed by atoms with E-state index in [4.69, 9.17) is 0 Å². The number of hydrogen-bond acceptors (Lipinski definition) is 2. The van der Waals surface area contributed by atoms with Gasteiger partial charge in [-0.1, -0.05) is 89.2 Å². The van der Waals surface area contributed by atoms with Gasteiger partial charge in [0.15, 0.2) is 0 Å². The predicted molar refractivity (Wildman–Crippen MR) is 128 cm³/mol. The van der Waals surface area contributed by atoms with E-state index in [-0.39, 0.29) is 11.8 Å². The normalized spacial score (nSPS) is 12.1. The molecule has 1 atom stereocenters. The maximum absolute atomic E-state index is 13.3. The summed E-state index contributed by atoms with van der Waals surface area (Å²) in [6.07, 6.45) is 1.65. The van der Waals surface area contributed by atoms with Gasteiger partial charge in [0.25, 0.3) is 0 Å². The molecule has 2 rings (SSSR count). The highest BCUT2D eigenvalue weighted by Gasteiger charge is 2.28. The quantitative estimate of drug-likeness (QED) is 0.533. The summed E-state index contributed by atoms with van der Waals surface area (Å²) in [4.78, 5) is 27.9. The van der Waals surface area contributed by atoms with E-state index >= 15 is 0 Å². The lowest BCUT2D eigenvalue weighted by atomic mass is 10.00. The van der Waals surface area contributed by atoms with E-state index in [9.17, 15) is 9.59 Å². The summed E-state index contributed by atoms with van der Waals surface area (Å²) in [5.74, 6) is 0.811. The van der Waals surface area contributed by atoms with Gasteiger partial charge >= 0.3 is 0 Å². The average Bonchev–Trinajstić information content (AvgIpc) is 2.76. The minimum Gasteiger partial charge on any atom is -0.354 e. The Balaban J connectivity index is 2.13. The van der Waals surface area contributed by atoms with Crippen LogP contribution in [0.1, 0.15) is 70.1 Å². The zero-order chi connectivity index (χ0) is 22.8. The third kappa shape index (κ3) is 7.86. The maximum atomic E-state index is 13.3. The number of aryl methyl sites for hydroxylation is 1. The van der Waals surface area contributed by atoms with Crippen LogP contribution in [0.5, 0.6) is 0 Å². The molecule has 1 N–H and O–H groups in total. The number of nitrogens with zero attached hydrogens (tertiary/aromatic N) is 1. The number of nitrogens with one attached hydrogen (secondary N) is 1. The molecule has 0 heterocycles. The van der Waals surface area contributed by atoms with Gasteiger partial charge < -0.3 is 10.2 Å². The number of amides is 2. The Morgan fingerprint density at radius 3 is 2.10 bits per heavy atom. The first-order valence-corrected chi connectivity index (χ1v) is 11.5. The van der Waals surface area contributed by atoms with Crippen LogP contribution >= 0.6 is 0 Å². The number of hydrogen-bond donors (Lipinski definition) is 1. The van der Waals surface area contributed by atoms with E-state index in [1.54, 1.807) is 4.90 Å². The summed E-state index contributed by atoms with van der Waals surface area (Å²) in [5, 5.41) is 3.01. The Hall–Kier alpha value is -2.62. The third-order valence-corrected chi connectivity index (χ3v) is 5.54. The molecule has 0 aliphatic rings. The maximum Gasteiger partial charge on any atom is 0.242 e. The molecule has 0 aromatic heterocycles. The molecule has 2 amide bonds. The highest BCUT2D eigenvalue weighted by Crippen LogP contribution is 2.18. The van der Waals surface area contributed by atoms with Gasteiger partial charge in [0.1, 0.15) is 6.04 Å². The molecule has 0 bridgehead atoms. The van der Waals surface area contributed by atoms with Gasteiger partial charge in [0, 0.05) is 19.5 Å². The Labute approximate surface area is 188 Å². The van der Waals surface area contributed by atoms with Crippen LogP contribution in [0.15, 0.2) is 54.6 Å². The highest BCUT2D eigenvalue weighted by molar-refractivity contribution is 5.87. The SMILES string of the molecule is CC[C@@H](C(=O)NCC(C)C)N(Cc1ccccc1)C(=O)CCc1ccc(C(C)C)cc1. The van der Waals surface area contributed by atoms with Crippen molar-refractivity contribution in [3.8, 4) is 0 Å². The molecule has 2 aromatic carbocycles. The Morgan fingerprint density at radius 2 is 1.55 bits per heavy atom. The van der Waals surface area contributed by atoms with Crippen molar-refractivity contribution in [2.24, 2.45) is 5.92 Å². The van der Waals surface area contributed by atoms with E-state index in [0.717, 1.165) is 11.1 Å². The van der Waals surface area contributed by atoms with Crippen LogP contribution in [-0.4, -0.2) is 29.3 Å². The second-order valence-electron chi connectivity index (χ2n) is 8.97. The van der Waals surface area contributed by atoms with Crippen molar-refractivity contribution in [3.63, 3.8) is 0 Å². The molecule has 2 aromatic rings. The van der Waals surface area contributed by atoms with E-state index in [2.05, 4.69) is 57.3 Å². The molecule has 0 saturated carbocycles. The number of carbonyl (C=O) groups excluding carboxylic acids is 2. The topological polar surface area (TPSA) is 49.4 Å². The van der Waals surface area contributed by atoms with Crippen LogP contribution in [0.3, 0.4) is 0 Å². The molecule has 0 spiro atoms. The zero-order valence-electron chi connectivity index (χ0n) is 19.7. The molecule has 0 aliphatic heterocycles. The van der Waals surface area contributed by atoms with Crippen LogP contribution in [0, 0.1) is 5.92 Å². The number of benzene rings is 2. The molecule has 0 unspecified atom stereocenters. The molecular weight excluding hydrogens is 384 g/mol. The van der Waals surface area contributed by atoms with Crippen molar-refractivity contribution < 1.29 is 9.59 Å². The largest absolute Gasteiger partial charge is 0.354 e. The number of carbonyl (C=O) groups is 2. The second-order valence-corrected chi connectivity index (χ2v) is 8.97. The summed E-state index contributed by atoms with van der Waals surface area (Å²) < 4.78 is 0. The van der Waals surface area contributed by atoms with Crippen molar-refractivity contribution in [3.05, 3.63) is 71.3 Å². The van der Waals surface area contributed by atoms with Crippen molar-refractivity contribution in [1.29, 1.82) is 0 Å². The Morgan fingerprint density at radius 1 is 0.903 bits per heavy atom. The molecular formula is C27H38N2O2. The predicted octanol–water partition coefficient (Wildman–Crippen LogP) is 5.32. The van der Waals surface area contributed by atoms with Crippen LogP contribution in [0.25, 0.3) is 0 Å². The molecule has 0 aliphatic carbocycles. The standard InChI is InChI=1S/C27H38N2O2/c1-6-25(27(31)28-18-20(2)3)29(19-23-10-8-7-9-11-23)26(30)17-14-22-12-15-24(16-13-22)21(4)5/h7-13,15-16,20-21,25H,6,14,17-19H2,1-5H3,(H,28,31)/t25-/m0/s1. The fraction of sp³-hybridized carbons (Fsp3) is 0.481. The lowest BCUT2D eigenvalue weighted by Gasteiger charge is -2.31. The minimum atomic E-state index is -0.463. The summed E-state index contributed by atoms with van der Waals surface area (Å²) in [6, 6.07) is 17.9. The van der Waals surface area contributed by atoms with Gasteiger partial charge in [-0.15, -0.1) is 0 Å². The first kappa shape index (κ1) is 24.6. The first-order valence-electron chi connectivity index (χ1n) is 11.5. The average molecular weight is 423 g/mol. The molecule has 0 fully saturated rings. The van der Waals surface area contributed by atoms with Crippen molar-refractivity contribution in [2.45, 2.75) is 72.4 Å². The van der Waals surface area contributed by atoms with Crippen molar-refractivity contribution >= 4 is 11.8 Å². The second kappa shape index (κ2) is 12.3. The lowest BCUT2D eigenvalue weighted by molar-refractivity contribution is -0.141. The van der Waals surface area contributed by atoms with E-state index in [0.29, 0.717) is 44.2 Å². The third-order valence-electron chi connectivity index (χ3n) is 5.54. The molecule has 0 saturated heterocycles. The smallest absolute Gasteiger partial charge is 0.242 e. The molecule has 0 radical (unpaired) electrons. The zero-order valence-corrected chi connectivity index (χ0v) is 19.7. The van der Waals surface area contributed by atoms with E-state index in [1.165, 1.54) is 5.56 Å². The Bertz CT molecular complexity index is 813. The summed E-state index contributed by atoms with van der Waals surface area (Å²) >= 11 is 0. The van der Waals surface area contributed by atoms with Gasteiger partial charge in [0.2, 0.25) is 11.8 Å². The Kier molecular flexibility index (Phi) is 9.77. The molecule has 4 heteroatoms. The summed E-state index contributed by atoms with van der Waals surface area (Å²) in [7, 11) is 0. The van der Waals surface area contributed by atoms with Crippen molar-refractivity contribution in [2.75, 3.05) is 6.54 Å². The van der Waals surface area contributed by atoms with Gasteiger partial charge in [0.05, 0.1) is 0 Å². The van der Waals surface area contributed by atoms with Crippen LogP contribution in [-0.2, 0) is 22.6 Å². The molecule has 31 heavy (non-hydrogen) atoms. The van der Waals surface area contributed by atoms with Crippen LogP contribution < -0.4 is 5.32 Å².